The Morgan fingerprint density at radius 2 is 2.16 bits per heavy atom. The van der Waals surface area contributed by atoms with E-state index in [1.54, 1.807) is 12.1 Å². The van der Waals surface area contributed by atoms with E-state index < -0.39 is 5.97 Å². The second-order valence-electron chi connectivity index (χ2n) is 4.07. The zero-order chi connectivity index (χ0) is 13.8. The summed E-state index contributed by atoms with van der Waals surface area (Å²) in [6, 6.07) is 8.94. The van der Waals surface area contributed by atoms with E-state index in [1.807, 2.05) is 25.1 Å². The first-order valence-electron chi connectivity index (χ1n) is 5.77. The molecule has 5 heteroatoms. The first kappa shape index (κ1) is 13.5. The van der Waals surface area contributed by atoms with Crippen molar-refractivity contribution in [2.45, 2.75) is 13.5 Å². The lowest BCUT2D eigenvalue weighted by molar-refractivity contribution is 0.0563. The van der Waals surface area contributed by atoms with Gasteiger partial charge in [-0.05, 0) is 42.8 Å². The Bertz CT molecular complexity index is 592. The highest BCUT2D eigenvalue weighted by Crippen LogP contribution is 2.20. The molecule has 0 spiro atoms. The molecule has 0 saturated heterocycles. The number of methoxy groups -OCH3 is 1. The minimum Gasteiger partial charge on any atom is -0.463 e. The van der Waals surface area contributed by atoms with Crippen LogP contribution in [0.15, 0.2) is 34.7 Å². The van der Waals surface area contributed by atoms with E-state index >= 15 is 0 Å². The Balaban J connectivity index is 2.02. The van der Waals surface area contributed by atoms with Crippen LogP contribution in [0, 0.1) is 6.92 Å². The third-order valence-corrected chi connectivity index (χ3v) is 2.92. The maximum Gasteiger partial charge on any atom is 0.373 e. The van der Waals surface area contributed by atoms with Gasteiger partial charge in [0, 0.05) is 10.7 Å². The van der Waals surface area contributed by atoms with Crippen molar-refractivity contribution in [3.05, 3.63) is 52.4 Å². The highest BCUT2D eigenvalue weighted by Gasteiger charge is 2.10. The Labute approximate surface area is 116 Å². The summed E-state index contributed by atoms with van der Waals surface area (Å²) >= 11 is 5.89. The monoisotopic (exact) mass is 279 g/mol. The molecule has 0 amide bonds. The molecule has 0 fully saturated rings. The molecule has 0 radical (unpaired) electrons. The van der Waals surface area contributed by atoms with Gasteiger partial charge in [0.05, 0.1) is 13.7 Å². The number of anilines is 1. The molecule has 2 rings (SSSR count). The molecule has 0 saturated carbocycles. The fraction of sp³-hybridized carbons (Fsp3) is 0.214. The lowest BCUT2D eigenvalue weighted by Gasteiger charge is -2.08. The number of halogens is 1. The minimum atomic E-state index is -0.478. The quantitative estimate of drug-likeness (QED) is 0.868. The van der Waals surface area contributed by atoms with Gasteiger partial charge in [-0.15, -0.1) is 0 Å². The Hall–Kier alpha value is -1.94. The summed E-state index contributed by atoms with van der Waals surface area (Å²) in [6.45, 7) is 2.45. The van der Waals surface area contributed by atoms with Crippen LogP contribution >= 0.6 is 11.6 Å². The second kappa shape index (κ2) is 5.80. The number of esters is 1. The smallest absolute Gasteiger partial charge is 0.373 e. The number of hydrogen-bond acceptors (Lipinski definition) is 4. The van der Waals surface area contributed by atoms with E-state index in [-0.39, 0.29) is 5.76 Å². The number of benzene rings is 1. The molecule has 0 aliphatic carbocycles. The van der Waals surface area contributed by atoms with Crippen LogP contribution in [0.1, 0.15) is 21.9 Å². The van der Waals surface area contributed by atoms with E-state index in [0.717, 1.165) is 11.3 Å². The summed E-state index contributed by atoms with van der Waals surface area (Å²) in [4.78, 5) is 11.2. The lowest BCUT2D eigenvalue weighted by Crippen LogP contribution is -2.01. The number of ether oxygens (including phenoxy) is 1. The average Bonchev–Trinajstić information content (AvgIpc) is 2.85. The van der Waals surface area contributed by atoms with Crippen molar-refractivity contribution < 1.29 is 13.9 Å². The van der Waals surface area contributed by atoms with E-state index in [4.69, 9.17) is 16.0 Å². The minimum absolute atomic E-state index is 0.201. The lowest BCUT2D eigenvalue weighted by atomic mass is 10.2. The van der Waals surface area contributed by atoms with Crippen LogP contribution in [-0.2, 0) is 11.3 Å². The third-order valence-electron chi connectivity index (χ3n) is 2.69. The van der Waals surface area contributed by atoms with Gasteiger partial charge in [-0.1, -0.05) is 11.6 Å². The molecule has 0 atom stereocenters. The van der Waals surface area contributed by atoms with Gasteiger partial charge in [-0.25, -0.2) is 4.79 Å². The van der Waals surface area contributed by atoms with Crippen LogP contribution in [0.3, 0.4) is 0 Å². The van der Waals surface area contributed by atoms with Gasteiger partial charge in [0.25, 0.3) is 0 Å². The molecule has 100 valence electrons. The molecule has 1 aromatic heterocycles. The molecule has 1 N–H and O–H groups in total. The van der Waals surface area contributed by atoms with Gasteiger partial charge in [-0.2, -0.15) is 0 Å². The van der Waals surface area contributed by atoms with Crippen LogP contribution < -0.4 is 5.32 Å². The molecule has 1 heterocycles. The normalized spacial score (nSPS) is 10.3. The summed E-state index contributed by atoms with van der Waals surface area (Å²) in [7, 11) is 1.32. The zero-order valence-electron chi connectivity index (χ0n) is 10.7. The van der Waals surface area contributed by atoms with Crippen molar-refractivity contribution in [3.63, 3.8) is 0 Å². The number of rotatable bonds is 4. The Morgan fingerprint density at radius 3 is 2.84 bits per heavy atom. The molecule has 0 unspecified atom stereocenters. The molecule has 19 heavy (non-hydrogen) atoms. The van der Waals surface area contributed by atoms with E-state index in [1.165, 1.54) is 7.11 Å². The molecule has 0 bridgehead atoms. The predicted molar refractivity (Wildman–Crippen MR) is 73.6 cm³/mol. The van der Waals surface area contributed by atoms with Crippen LogP contribution in [0.5, 0.6) is 0 Å². The van der Waals surface area contributed by atoms with Crippen LogP contribution in [0.25, 0.3) is 0 Å². The Morgan fingerprint density at radius 1 is 1.37 bits per heavy atom. The van der Waals surface area contributed by atoms with E-state index in [2.05, 4.69) is 10.1 Å². The molecular weight excluding hydrogens is 266 g/mol. The second-order valence-corrected chi connectivity index (χ2v) is 4.51. The average molecular weight is 280 g/mol. The number of furan rings is 1. The topological polar surface area (TPSA) is 51.5 Å². The van der Waals surface area contributed by atoms with Gasteiger partial charge in [0.1, 0.15) is 5.76 Å². The van der Waals surface area contributed by atoms with Crippen molar-refractivity contribution in [1.82, 2.24) is 0 Å². The van der Waals surface area contributed by atoms with Crippen molar-refractivity contribution in [1.29, 1.82) is 0 Å². The maximum atomic E-state index is 11.2. The van der Waals surface area contributed by atoms with E-state index in [0.29, 0.717) is 17.3 Å². The first-order valence-corrected chi connectivity index (χ1v) is 6.15. The van der Waals surface area contributed by atoms with Crippen LogP contribution in [0.2, 0.25) is 5.02 Å². The number of carbonyl (C=O) groups is 1. The van der Waals surface area contributed by atoms with Gasteiger partial charge >= 0.3 is 5.97 Å². The van der Waals surface area contributed by atoms with Crippen LogP contribution in [0.4, 0.5) is 5.69 Å². The molecule has 4 nitrogen and oxygen atoms in total. The number of nitrogens with one attached hydrogen (secondary N) is 1. The largest absolute Gasteiger partial charge is 0.463 e. The third kappa shape index (κ3) is 3.29. The summed E-state index contributed by atoms with van der Waals surface area (Å²) in [5.74, 6) is 0.385. The summed E-state index contributed by atoms with van der Waals surface area (Å²) in [5.41, 5.74) is 2.02. The maximum absolute atomic E-state index is 11.2. The SMILES string of the molecule is COC(=O)c1ccc(CNc2ccc(Cl)cc2C)o1. The number of aryl methyl sites for hydroxylation is 1. The van der Waals surface area contributed by atoms with Crippen LogP contribution in [-0.4, -0.2) is 13.1 Å². The summed E-state index contributed by atoms with van der Waals surface area (Å²) in [6.07, 6.45) is 0. The van der Waals surface area contributed by atoms with Crippen molar-refractivity contribution >= 4 is 23.3 Å². The highest BCUT2D eigenvalue weighted by molar-refractivity contribution is 6.30. The first-order chi connectivity index (χ1) is 9.10. The molecule has 2 aromatic rings. The van der Waals surface area contributed by atoms with Crippen molar-refractivity contribution in [2.75, 3.05) is 12.4 Å². The summed E-state index contributed by atoms with van der Waals surface area (Å²) in [5, 5.41) is 3.93. The number of hydrogen-bond donors (Lipinski definition) is 1. The Kier molecular flexibility index (Phi) is 4.12. The fourth-order valence-corrected chi connectivity index (χ4v) is 1.92. The fourth-order valence-electron chi connectivity index (χ4n) is 1.69. The molecule has 0 aliphatic heterocycles. The van der Waals surface area contributed by atoms with Crippen molar-refractivity contribution in [3.8, 4) is 0 Å². The summed E-state index contributed by atoms with van der Waals surface area (Å²) < 4.78 is 9.94. The number of carbonyl (C=O) groups excluding carboxylic acids is 1. The zero-order valence-corrected chi connectivity index (χ0v) is 11.5. The van der Waals surface area contributed by atoms with Crippen molar-refractivity contribution in [2.24, 2.45) is 0 Å². The van der Waals surface area contributed by atoms with Gasteiger partial charge in [0.15, 0.2) is 0 Å². The molecular formula is C14H14ClNO3. The molecule has 0 aliphatic rings. The molecule has 1 aromatic carbocycles. The highest BCUT2D eigenvalue weighted by atomic mass is 35.5. The van der Waals surface area contributed by atoms with Gasteiger partial charge < -0.3 is 14.5 Å². The van der Waals surface area contributed by atoms with Gasteiger partial charge in [-0.3, -0.25) is 0 Å². The predicted octanol–water partition coefficient (Wildman–Crippen LogP) is 3.64. The van der Waals surface area contributed by atoms with E-state index in [9.17, 15) is 4.79 Å². The van der Waals surface area contributed by atoms with Gasteiger partial charge in [0.2, 0.25) is 5.76 Å². The standard InChI is InChI=1S/C14H14ClNO3/c1-9-7-10(15)3-5-12(9)16-8-11-4-6-13(19-11)14(17)18-2/h3-7,16H,8H2,1-2H3.